The topological polar surface area (TPSA) is 66.8 Å². The first-order chi connectivity index (χ1) is 10.9. The highest BCUT2D eigenvalue weighted by atomic mass is 16.5. The number of aliphatic hydroxyl groups is 1. The Labute approximate surface area is 138 Å². The lowest BCUT2D eigenvalue weighted by Crippen LogP contribution is -2.38. The summed E-state index contributed by atoms with van der Waals surface area (Å²) in [5.41, 5.74) is 2.29. The first-order valence-electron chi connectivity index (χ1n) is 8.09. The molecule has 0 aliphatic rings. The van der Waals surface area contributed by atoms with Crippen LogP contribution in [0.1, 0.15) is 37.8 Å². The molecular weight excluding hydrogens is 294 g/mol. The summed E-state index contributed by atoms with van der Waals surface area (Å²) in [4.78, 5) is 25.3. The van der Waals surface area contributed by atoms with Gasteiger partial charge < -0.3 is 14.7 Å². The molecule has 5 heteroatoms. The molecule has 0 fully saturated rings. The molecule has 0 saturated carbocycles. The minimum Gasteiger partial charge on any atom is -0.466 e. The minimum absolute atomic E-state index is 0.0595. The highest BCUT2D eigenvalue weighted by Gasteiger charge is 2.17. The fourth-order valence-electron chi connectivity index (χ4n) is 2.26. The van der Waals surface area contributed by atoms with Gasteiger partial charge in [0.1, 0.15) is 0 Å². The van der Waals surface area contributed by atoms with Crippen LogP contribution in [0.2, 0.25) is 0 Å². The molecule has 0 bridgehead atoms. The van der Waals surface area contributed by atoms with Crippen LogP contribution in [0.4, 0.5) is 0 Å². The van der Waals surface area contributed by atoms with Gasteiger partial charge in [0.2, 0.25) is 5.91 Å². The molecule has 1 amide bonds. The predicted octanol–water partition coefficient (Wildman–Crippen LogP) is 2.09. The fraction of sp³-hybridized carbons (Fsp3) is 0.556. The monoisotopic (exact) mass is 321 g/mol. The Morgan fingerprint density at radius 3 is 2.43 bits per heavy atom. The number of rotatable bonds is 9. The lowest BCUT2D eigenvalue weighted by molar-refractivity contribution is -0.144. The smallest absolute Gasteiger partial charge is 0.307 e. The molecule has 1 aromatic rings. The summed E-state index contributed by atoms with van der Waals surface area (Å²) in [5, 5.41) is 9.55. The van der Waals surface area contributed by atoms with Crippen LogP contribution in [0.25, 0.3) is 0 Å². The van der Waals surface area contributed by atoms with Gasteiger partial charge in [-0.15, -0.1) is 0 Å². The maximum Gasteiger partial charge on any atom is 0.307 e. The maximum absolute atomic E-state index is 12.4. The number of hydrogen-bond donors (Lipinski definition) is 1. The SMILES string of the molecule is CCOC(=O)CCN(CC(C)O)C(=O)CCc1ccc(C)cc1. The number of benzene rings is 1. The molecular formula is C18H27NO4. The van der Waals surface area contributed by atoms with Crippen molar-refractivity contribution in [2.75, 3.05) is 19.7 Å². The van der Waals surface area contributed by atoms with Crippen LogP contribution in [0.15, 0.2) is 24.3 Å². The zero-order chi connectivity index (χ0) is 17.2. The first kappa shape index (κ1) is 19.2. The van der Waals surface area contributed by atoms with Gasteiger partial charge in [0, 0.05) is 19.5 Å². The van der Waals surface area contributed by atoms with E-state index in [0.717, 1.165) is 5.56 Å². The van der Waals surface area contributed by atoms with Gasteiger partial charge >= 0.3 is 5.97 Å². The molecule has 5 nitrogen and oxygen atoms in total. The van der Waals surface area contributed by atoms with E-state index in [1.807, 2.05) is 31.2 Å². The van der Waals surface area contributed by atoms with Gasteiger partial charge in [0.25, 0.3) is 0 Å². The molecule has 1 N–H and O–H groups in total. The van der Waals surface area contributed by atoms with Gasteiger partial charge in [-0.05, 0) is 32.8 Å². The third-order valence-corrected chi connectivity index (χ3v) is 3.48. The van der Waals surface area contributed by atoms with Crippen molar-refractivity contribution in [1.29, 1.82) is 0 Å². The third-order valence-electron chi connectivity index (χ3n) is 3.48. The number of aliphatic hydroxyl groups excluding tert-OH is 1. The molecule has 1 rings (SSSR count). The standard InChI is InChI=1S/C18H27NO4/c1-4-23-18(22)11-12-19(13-15(3)20)17(21)10-9-16-7-5-14(2)6-8-16/h5-8,15,20H,4,9-13H2,1-3H3. The number of amides is 1. The van der Waals surface area contributed by atoms with Crippen molar-refractivity contribution in [2.45, 2.75) is 46.1 Å². The van der Waals surface area contributed by atoms with Crippen LogP contribution in [-0.4, -0.2) is 47.7 Å². The van der Waals surface area contributed by atoms with Gasteiger partial charge in [-0.3, -0.25) is 9.59 Å². The number of carbonyl (C=O) groups excluding carboxylic acids is 2. The van der Waals surface area contributed by atoms with E-state index in [1.54, 1.807) is 13.8 Å². The summed E-state index contributed by atoms with van der Waals surface area (Å²) in [6.45, 7) is 6.23. The Morgan fingerprint density at radius 1 is 1.22 bits per heavy atom. The van der Waals surface area contributed by atoms with E-state index in [1.165, 1.54) is 10.5 Å². The number of hydrogen-bond acceptors (Lipinski definition) is 4. The second-order valence-corrected chi connectivity index (χ2v) is 5.73. The third kappa shape index (κ3) is 7.79. The second-order valence-electron chi connectivity index (χ2n) is 5.73. The summed E-state index contributed by atoms with van der Waals surface area (Å²) in [6.07, 6.45) is 0.532. The highest BCUT2D eigenvalue weighted by molar-refractivity contribution is 5.77. The van der Waals surface area contributed by atoms with Crippen molar-refractivity contribution >= 4 is 11.9 Å². The predicted molar refractivity (Wildman–Crippen MR) is 89.0 cm³/mol. The average molecular weight is 321 g/mol. The van der Waals surface area contributed by atoms with E-state index in [2.05, 4.69) is 0 Å². The molecule has 0 aromatic heterocycles. The van der Waals surface area contributed by atoms with E-state index >= 15 is 0 Å². The average Bonchev–Trinajstić information content (AvgIpc) is 2.50. The van der Waals surface area contributed by atoms with Crippen molar-refractivity contribution in [1.82, 2.24) is 4.90 Å². The van der Waals surface area contributed by atoms with Gasteiger partial charge in [-0.2, -0.15) is 0 Å². The molecule has 0 aliphatic carbocycles. The van der Waals surface area contributed by atoms with Gasteiger partial charge in [-0.1, -0.05) is 29.8 Å². The van der Waals surface area contributed by atoms with Crippen molar-refractivity contribution in [3.63, 3.8) is 0 Å². The fourth-order valence-corrected chi connectivity index (χ4v) is 2.26. The van der Waals surface area contributed by atoms with Crippen LogP contribution >= 0.6 is 0 Å². The van der Waals surface area contributed by atoms with E-state index in [9.17, 15) is 14.7 Å². The Hall–Kier alpha value is -1.88. The van der Waals surface area contributed by atoms with Crippen LogP contribution in [0.3, 0.4) is 0 Å². The van der Waals surface area contributed by atoms with E-state index in [-0.39, 0.29) is 31.4 Å². The Bertz CT molecular complexity index is 496. The van der Waals surface area contributed by atoms with Crippen molar-refractivity contribution in [3.8, 4) is 0 Å². The molecule has 0 aliphatic heterocycles. The molecule has 0 heterocycles. The molecule has 1 aromatic carbocycles. The van der Waals surface area contributed by atoms with E-state index in [0.29, 0.717) is 19.4 Å². The zero-order valence-electron chi connectivity index (χ0n) is 14.2. The summed E-state index contributed by atoms with van der Waals surface area (Å²) in [5.74, 6) is -0.384. The summed E-state index contributed by atoms with van der Waals surface area (Å²) >= 11 is 0. The Balaban J connectivity index is 2.53. The Kier molecular flexibility index (Phi) is 8.33. The Morgan fingerprint density at radius 2 is 1.87 bits per heavy atom. The van der Waals surface area contributed by atoms with Crippen LogP contribution < -0.4 is 0 Å². The number of carbonyl (C=O) groups is 2. The number of nitrogens with zero attached hydrogens (tertiary/aromatic N) is 1. The number of ether oxygens (including phenoxy) is 1. The van der Waals surface area contributed by atoms with Crippen LogP contribution in [0, 0.1) is 6.92 Å². The quantitative estimate of drug-likeness (QED) is 0.707. The van der Waals surface area contributed by atoms with Crippen molar-refractivity contribution in [2.24, 2.45) is 0 Å². The first-order valence-corrected chi connectivity index (χ1v) is 8.09. The summed E-state index contributed by atoms with van der Waals surface area (Å²) in [7, 11) is 0. The van der Waals surface area contributed by atoms with Gasteiger partial charge in [0.05, 0.1) is 19.1 Å². The molecule has 23 heavy (non-hydrogen) atoms. The molecule has 128 valence electrons. The van der Waals surface area contributed by atoms with E-state index < -0.39 is 6.10 Å². The molecule has 1 atom stereocenters. The van der Waals surface area contributed by atoms with Crippen molar-refractivity contribution < 1.29 is 19.4 Å². The van der Waals surface area contributed by atoms with E-state index in [4.69, 9.17) is 4.74 Å². The minimum atomic E-state index is -0.625. The normalized spacial score (nSPS) is 11.8. The second kappa shape index (κ2) is 10.0. The molecule has 0 spiro atoms. The van der Waals surface area contributed by atoms with Gasteiger partial charge in [-0.25, -0.2) is 0 Å². The van der Waals surface area contributed by atoms with Gasteiger partial charge in [0.15, 0.2) is 0 Å². The summed E-state index contributed by atoms with van der Waals surface area (Å²) in [6, 6.07) is 8.07. The number of aryl methyl sites for hydroxylation is 2. The highest BCUT2D eigenvalue weighted by Crippen LogP contribution is 2.08. The van der Waals surface area contributed by atoms with Crippen molar-refractivity contribution in [3.05, 3.63) is 35.4 Å². The lowest BCUT2D eigenvalue weighted by Gasteiger charge is -2.24. The van der Waals surface area contributed by atoms with Crippen LogP contribution in [-0.2, 0) is 20.7 Å². The molecule has 1 unspecified atom stereocenters. The maximum atomic E-state index is 12.4. The largest absolute Gasteiger partial charge is 0.466 e. The lowest BCUT2D eigenvalue weighted by atomic mass is 10.1. The summed E-state index contributed by atoms with van der Waals surface area (Å²) < 4.78 is 4.88. The molecule has 0 saturated heterocycles. The zero-order valence-corrected chi connectivity index (χ0v) is 14.2. The van der Waals surface area contributed by atoms with Crippen LogP contribution in [0.5, 0.6) is 0 Å². The molecule has 0 radical (unpaired) electrons. The number of esters is 1.